The van der Waals surface area contributed by atoms with E-state index in [2.05, 4.69) is 30.9 Å². The van der Waals surface area contributed by atoms with Crippen LogP contribution in [0.15, 0.2) is 18.2 Å². The Morgan fingerprint density at radius 3 is 2.75 bits per heavy atom. The van der Waals surface area contributed by atoms with Gasteiger partial charge < -0.3 is 4.90 Å². The summed E-state index contributed by atoms with van der Waals surface area (Å²) in [5.41, 5.74) is 3.16. The summed E-state index contributed by atoms with van der Waals surface area (Å²) in [6.45, 7) is 6.34. The molecule has 0 bridgehead atoms. The van der Waals surface area contributed by atoms with Gasteiger partial charge in [-0.25, -0.2) is 0 Å². The molecule has 1 aromatic rings. The molecule has 2 rings (SSSR count). The Labute approximate surface area is 97.5 Å². The Morgan fingerprint density at radius 2 is 2.19 bits per heavy atom. The van der Waals surface area contributed by atoms with Crippen molar-refractivity contribution in [1.29, 1.82) is 5.26 Å². The number of para-hydroxylation sites is 1. The van der Waals surface area contributed by atoms with Crippen LogP contribution in [0.4, 0.5) is 5.69 Å². The number of nitriles is 1. The van der Waals surface area contributed by atoms with Crippen LogP contribution in [0.3, 0.4) is 0 Å². The average molecular weight is 214 g/mol. The zero-order chi connectivity index (χ0) is 11.5. The van der Waals surface area contributed by atoms with E-state index in [0.29, 0.717) is 0 Å². The van der Waals surface area contributed by atoms with E-state index in [1.165, 1.54) is 18.4 Å². The Kier molecular flexibility index (Phi) is 3.14. The summed E-state index contributed by atoms with van der Waals surface area (Å²) in [6.07, 6.45) is 2.70. The molecule has 0 spiro atoms. The van der Waals surface area contributed by atoms with Gasteiger partial charge >= 0.3 is 0 Å². The molecule has 0 radical (unpaired) electrons. The van der Waals surface area contributed by atoms with Gasteiger partial charge in [0, 0.05) is 13.1 Å². The van der Waals surface area contributed by atoms with Crippen molar-refractivity contribution in [2.24, 2.45) is 5.92 Å². The predicted octanol–water partition coefficient (Wildman–Crippen LogP) is 3.10. The largest absolute Gasteiger partial charge is 0.370 e. The lowest BCUT2D eigenvalue weighted by molar-refractivity contribution is 0.739. The fraction of sp³-hybridized carbons (Fsp3) is 0.500. The van der Waals surface area contributed by atoms with Gasteiger partial charge in [-0.2, -0.15) is 5.26 Å². The van der Waals surface area contributed by atoms with E-state index in [4.69, 9.17) is 5.26 Å². The first-order valence-corrected chi connectivity index (χ1v) is 6.01. The molecular formula is C14H18N2. The van der Waals surface area contributed by atoms with Crippen molar-refractivity contribution in [3.8, 4) is 6.07 Å². The van der Waals surface area contributed by atoms with Crippen molar-refractivity contribution in [2.45, 2.75) is 26.7 Å². The van der Waals surface area contributed by atoms with Crippen LogP contribution in [0.25, 0.3) is 0 Å². The molecule has 0 saturated heterocycles. The molecule has 0 heterocycles. The number of hydrogen-bond acceptors (Lipinski definition) is 2. The van der Waals surface area contributed by atoms with E-state index in [1.54, 1.807) is 0 Å². The SMILES string of the molecule is CCN(CC1CC1)c1c(C)cccc1C#N. The predicted molar refractivity (Wildman–Crippen MR) is 66.5 cm³/mol. The van der Waals surface area contributed by atoms with Crippen LogP contribution < -0.4 is 4.90 Å². The first kappa shape index (κ1) is 11.0. The van der Waals surface area contributed by atoms with E-state index in [-0.39, 0.29) is 0 Å². The summed E-state index contributed by atoms with van der Waals surface area (Å²) < 4.78 is 0. The molecule has 0 atom stereocenters. The number of aryl methyl sites for hydroxylation is 1. The fourth-order valence-corrected chi connectivity index (χ4v) is 2.16. The normalized spacial score (nSPS) is 14.6. The third-order valence-corrected chi connectivity index (χ3v) is 3.23. The summed E-state index contributed by atoms with van der Waals surface area (Å²) in [6, 6.07) is 8.27. The smallest absolute Gasteiger partial charge is 0.101 e. The number of benzene rings is 1. The maximum atomic E-state index is 9.16. The summed E-state index contributed by atoms with van der Waals surface area (Å²) in [4.78, 5) is 2.35. The second kappa shape index (κ2) is 4.57. The molecule has 2 nitrogen and oxygen atoms in total. The minimum Gasteiger partial charge on any atom is -0.370 e. The quantitative estimate of drug-likeness (QED) is 0.770. The zero-order valence-electron chi connectivity index (χ0n) is 10.0. The van der Waals surface area contributed by atoms with E-state index in [1.807, 2.05) is 12.1 Å². The van der Waals surface area contributed by atoms with Gasteiger partial charge in [-0.1, -0.05) is 12.1 Å². The van der Waals surface area contributed by atoms with Gasteiger partial charge in [0.05, 0.1) is 11.3 Å². The van der Waals surface area contributed by atoms with Gasteiger partial charge in [0.2, 0.25) is 0 Å². The van der Waals surface area contributed by atoms with Crippen LogP contribution in [0.2, 0.25) is 0 Å². The zero-order valence-corrected chi connectivity index (χ0v) is 10.0. The van der Waals surface area contributed by atoms with E-state index >= 15 is 0 Å². The van der Waals surface area contributed by atoms with Crippen molar-refractivity contribution in [3.05, 3.63) is 29.3 Å². The molecule has 1 aliphatic rings. The number of nitrogens with zero attached hydrogens (tertiary/aromatic N) is 2. The number of hydrogen-bond donors (Lipinski definition) is 0. The second-order valence-corrected chi connectivity index (χ2v) is 4.56. The Balaban J connectivity index is 2.31. The standard InChI is InChI=1S/C14H18N2/c1-3-16(10-12-7-8-12)14-11(2)5-4-6-13(14)9-15/h4-6,12H,3,7-8,10H2,1-2H3. The number of anilines is 1. The van der Waals surface area contributed by atoms with Gasteiger partial charge in [0.1, 0.15) is 6.07 Å². The van der Waals surface area contributed by atoms with Crippen molar-refractivity contribution in [3.63, 3.8) is 0 Å². The topological polar surface area (TPSA) is 27.0 Å². The molecule has 16 heavy (non-hydrogen) atoms. The first-order valence-electron chi connectivity index (χ1n) is 6.01. The van der Waals surface area contributed by atoms with Gasteiger partial charge in [-0.15, -0.1) is 0 Å². The van der Waals surface area contributed by atoms with Crippen LogP contribution in [-0.4, -0.2) is 13.1 Å². The third-order valence-electron chi connectivity index (χ3n) is 3.23. The summed E-state index contributed by atoms with van der Waals surface area (Å²) in [7, 11) is 0. The molecule has 1 aromatic carbocycles. The monoisotopic (exact) mass is 214 g/mol. The molecule has 0 amide bonds. The Hall–Kier alpha value is -1.49. The lowest BCUT2D eigenvalue weighted by Gasteiger charge is -2.25. The van der Waals surface area contributed by atoms with Crippen LogP contribution in [-0.2, 0) is 0 Å². The summed E-state index contributed by atoms with van der Waals surface area (Å²) >= 11 is 0. The molecule has 0 aliphatic heterocycles. The van der Waals surface area contributed by atoms with Gasteiger partial charge in [-0.3, -0.25) is 0 Å². The van der Waals surface area contributed by atoms with Gasteiger partial charge in [-0.05, 0) is 44.2 Å². The van der Waals surface area contributed by atoms with Gasteiger partial charge in [0.15, 0.2) is 0 Å². The van der Waals surface area contributed by atoms with Crippen LogP contribution in [0, 0.1) is 24.2 Å². The summed E-state index contributed by atoms with van der Waals surface area (Å²) in [5, 5.41) is 9.16. The fourth-order valence-electron chi connectivity index (χ4n) is 2.16. The second-order valence-electron chi connectivity index (χ2n) is 4.56. The highest BCUT2D eigenvalue weighted by molar-refractivity contribution is 5.64. The number of rotatable bonds is 4. The van der Waals surface area contributed by atoms with Crippen molar-refractivity contribution in [1.82, 2.24) is 0 Å². The van der Waals surface area contributed by atoms with Crippen LogP contribution in [0.1, 0.15) is 30.9 Å². The maximum absolute atomic E-state index is 9.16. The highest BCUT2D eigenvalue weighted by atomic mass is 15.1. The molecular weight excluding hydrogens is 196 g/mol. The van der Waals surface area contributed by atoms with Crippen molar-refractivity contribution >= 4 is 5.69 Å². The average Bonchev–Trinajstić information content (AvgIpc) is 3.10. The van der Waals surface area contributed by atoms with Gasteiger partial charge in [0.25, 0.3) is 0 Å². The van der Waals surface area contributed by atoms with Crippen LogP contribution >= 0.6 is 0 Å². The molecule has 0 aromatic heterocycles. The highest BCUT2D eigenvalue weighted by Gasteiger charge is 2.25. The molecule has 84 valence electrons. The molecule has 0 unspecified atom stereocenters. The van der Waals surface area contributed by atoms with E-state index in [0.717, 1.165) is 30.3 Å². The third kappa shape index (κ3) is 2.19. The Bertz CT molecular complexity index is 413. The van der Waals surface area contributed by atoms with E-state index in [9.17, 15) is 0 Å². The van der Waals surface area contributed by atoms with Crippen molar-refractivity contribution < 1.29 is 0 Å². The molecule has 1 saturated carbocycles. The molecule has 0 N–H and O–H groups in total. The first-order chi connectivity index (χ1) is 7.76. The minimum atomic E-state index is 0.808. The van der Waals surface area contributed by atoms with Crippen LogP contribution in [0.5, 0.6) is 0 Å². The lowest BCUT2D eigenvalue weighted by Crippen LogP contribution is -2.26. The van der Waals surface area contributed by atoms with E-state index < -0.39 is 0 Å². The van der Waals surface area contributed by atoms with Crippen molar-refractivity contribution in [2.75, 3.05) is 18.0 Å². The Morgan fingerprint density at radius 1 is 1.44 bits per heavy atom. The lowest BCUT2D eigenvalue weighted by atomic mass is 10.1. The molecule has 1 fully saturated rings. The summed E-state index contributed by atoms with van der Waals surface area (Å²) in [5.74, 6) is 0.853. The molecule has 1 aliphatic carbocycles. The molecule has 2 heteroatoms. The maximum Gasteiger partial charge on any atom is 0.101 e. The highest BCUT2D eigenvalue weighted by Crippen LogP contribution is 2.33. The minimum absolute atomic E-state index is 0.808.